The van der Waals surface area contributed by atoms with Crippen LogP contribution in [0.1, 0.15) is 25.0 Å². The second-order valence-electron chi connectivity index (χ2n) is 6.87. The average molecular weight is 373 g/mol. The topological polar surface area (TPSA) is 51.2 Å². The molecule has 0 saturated heterocycles. The summed E-state index contributed by atoms with van der Waals surface area (Å²) >= 11 is 0. The Labute approximate surface area is 162 Å². The molecule has 1 atom stereocenters. The van der Waals surface area contributed by atoms with Gasteiger partial charge in [-0.25, -0.2) is 0 Å². The van der Waals surface area contributed by atoms with E-state index in [1.807, 2.05) is 36.4 Å². The van der Waals surface area contributed by atoms with Crippen LogP contribution < -0.4 is 9.47 Å². The van der Waals surface area contributed by atoms with E-state index in [0.717, 1.165) is 12.1 Å². The molecule has 0 saturated carbocycles. The third-order valence-electron chi connectivity index (χ3n) is 4.43. The van der Waals surface area contributed by atoms with Crippen molar-refractivity contribution in [1.82, 2.24) is 4.90 Å². The maximum atomic E-state index is 10.4. The van der Waals surface area contributed by atoms with Gasteiger partial charge in [0.1, 0.15) is 0 Å². The minimum absolute atomic E-state index is 0.284. The van der Waals surface area contributed by atoms with E-state index in [-0.39, 0.29) is 6.61 Å². The molecule has 1 N–H and O–H groups in total. The monoisotopic (exact) mass is 373 g/mol. The molecule has 0 aromatic heterocycles. The van der Waals surface area contributed by atoms with E-state index in [1.165, 1.54) is 5.56 Å². The van der Waals surface area contributed by atoms with Gasteiger partial charge in [0.2, 0.25) is 0 Å². The zero-order valence-corrected chi connectivity index (χ0v) is 16.7. The van der Waals surface area contributed by atoms with E-state index in [2.05, 4.69) is 30.9 Å². The number of hydrogen-bond acceptors (Lipinski definition) is 5. The van der Waals surface area contributed by atoms with Gasteiger partial charge < -0.3 is 19.3 Å². The van der Waals surface area contributed by atoms with Gasteiger partial charge in [0.25, 0.3) is 0 Å². The van der Waals surface area contributed by atoms with Gasteiger partial charge in [-0.1, -0.05) is 36.4 Å². The van der Waals surface area contributed by atoms with Crippen molar-refractivity contribution in [3.05, 3.63) is 59.7 Å². The Morgan fingerprint density at radius 2 is 1.63 bits per heavy atom. The highest BCUT2D eigenvalue weighted by atomic mass is 16.5. The predicted molar refractivity (Wildman–Crippen MR) is 107 cm³/mol. The summed E-state index contributed by atoms with van der Waals surface area (Å²) in [5.74, 6) is 1.36. The third kappa shape index (κ3) is 6.86. The molecule has 0 amide bonds. The quantitative estimate of drug-likeness (QED) is 0.653. The fourth-order valence-corrected chi connectivity index (χ4v) is 2.88. The minimum Gasteiger partial charge on any atom is -0.493 e. The first-order valence-corrected chi connectivity index (χ1v) is 9.28. The van der Waals surface area contributed by atoms with Crippen LogP contribution in [0.3, 0.4) is 0 Å². The Bertz CT molecular complexity index is 675. The molecule has 0 bridgehead atoms. The standard InChI is InChI=1S/C22H31NO4/c1-17(2)23(13-18-8-6-5-7-9-18)14-20(24)16-27-15-19-10-11-21(25-3)22(12-19)26-4/h5-12,17,20,24H,13-16H2,1-4H3/t20-/m0/s1. The van der Waals surface area contributed by atoms with Crippen molar-refractivity contribution in [3.63, 3.8) is 0 Å². The number of rotatable bonds is 11. The molecule has 5 heteroatoms. The summed E-state index contributed by atoms with van der Waals surface area (Å²) in [5, 5.41) is 10.4. The number of hydrogen-bond donors (Lipinski definition) is 1. The molecule has 0 heterocycles. The van der Waals surface area contributed by atoms with Crippen LogP contribution in [-0.2, 0) is 17.9 Å². The van der Waals surface area contributed by atoms with Gasteiger partial charge >= 0.3 is 0 Å². The van der Waals surface area contributed by atoms with E-state index >= 15 is 0 Å². The second kappa shape index (κ2) is 10.9. The summed E-state index contributed by atoms with van der Waals surface area (Å²) in [7, 11) is 3.22. The van der Waals surface area contributed by atoms with Gasteiger partial charge in [0, 0.05) is 19.1 Å². The number of ether oxygens (including phenoxy) is 3. The lowest BCUT2D eigenvalue weighted by Gasteiger charge is -2.28. The van der Waals surface area contributed by atoms with Gasteiger partial charge in [0.15, 0.2) is 11.5 Å². The minimum atomic E-state index is -0.545. The Hall–Kier alpha value is -2.08. The molecule has 0 aliphatic heterocycles. The first-order chi connectivity index (χ1) is 13.0. The molecular weight excluding hydrogens is 342 g/mol. The zero-order valence-electron chi connectivity index (χ0n) is 16.7. The number of nitrogens with zero attached hydrogens (tertiary/aromatic N) is 1. The fourth-order valence-electron chi connectivity index (χ4n) is 2.88. The van der Waals surface area contributed by atoms with Gasteiger partial charge in [-0.3, -0.25) is 4.90 Å². The van der Waals surface area contributed by atoms with Crippen LogP contribution in [0.5, 0.6) is 11.5 Å². The summed E-state index contributed by atoms with van der Waals surface area (Å²) in [4.78, 5) is 2.25. The molecule has 0 aliphatic rings. The maximum absolute atomic E-state index is 10.4. The third-order valence-corrected chi connectivity index (χ3v) is 4.43. The smallest absolute Gasteiger partial charge is 0.161 e. The Morgan fingerprint density at radius 1 is 0.926 bits per heavy atom. The average Bonchev–Trinajstić information content (AvgIpc) is 2.68. The molecule has 0 fully saturated rings. The normalized spacial score (nSPS) is 12.4. The molecule has 0 radical (unpaired) electrons. The fraction of sp³-hybridized carbons (Fsp3) is 0.455. The number of aliphatic hydroxyl groups is 1. The van der Waals surface area contributed by atoms with Crippen LogP contribution in [0, 0.1) is 0 Å². The summed E-state index contributed by atoms with van der Waals surface area (Å²) in [6, 6.07) is 16.3. The van der Waals surface area contributed by atoms with Crippen molar-refractivity contribution in [2.24, 2.45) is 0 Å². The van der Waals surface area contributed by atoms with Crippen LogP contribution in [0.25, 0.3) is 0 Å². The maximum Gasteiger partial charge on any atom is 0.161 e. The van der Waals surface area contributed by atoms with Crippen LogP contribution >= 0.6 is 0 Å². The van der Waals surface area contributed by atoms with Crippen molar-refractivity contribution in [2.75, 3.05) is 27.4 Å². The van der Waals surface area contributed by atoms with Crippen LogP contribution in [0.4, 0.5) is 0 Å². The van der Waals surface area contributed by atoms with Crippen molar-refractivity contribution < 1.29 is 19.3 Å². The van der Waals surface area contributed by atoms with Crippen molar-refractivity contribution in [2.45, 2.75) is 39.1 Å². The van der Waals surface area contributed by atoms with E-state index in [4.69, 9.17) is 14.2 Å². The molecule has 0 unspecified atom stereocenters. The largest absolute Gasteiger partial charge is 0.493 e. The Balaban J connectivity index is 1.82. The van der Waals surface area contributed by atoms with Crippen molar-refractivity contribution in [1.29, 1.82) is 0 Å². The first-order valence-electron chi connectivity index (χ1n) is 9.28. The van der Waals surface area contributed by atoms with E-state index < -0.39 is 6.10 Å². The molecule has 2 rings (SSSR count). The summed E-state index contributed by atoms with van der Waals surface area (Å²) in [6.07, 6.45) is -0.545. The van der Waals surface area contributed by atoms with Gasteiger partial charge in [0.05, 0.1) is 33.5 Å². The van der Waals surface area contributed by atoms with E-state index in [0.29, 0.717) is 30.7 Å². The summed E-state index contributed by atoms with van der Waals surface area (Å²) in [6.45, 7) is 6.36. The lowest BCUT2D eigenvalue weighted by Crippen LogP contribution is -2.38. The first kappa shape index (κ1) is 21.2. The van der Waals surface area contributed by atoms with Crippen LogP contribution in [0.2, 0.25) is 0 Å². The SMILES string of the molecule is COc1ccc(COC[C@@H](O)CN(Cc2ccccc2)C(C)C)cc1OC. The van der Waals surface area contributed by atoms with Gasteiger partial charge in [-0.2, -0.15) is 0 Å². The lowest BCUT2D eigenvalue weighted by atomic mass is 10.1. The molecule has 2 aromatic rings. The molecular formula is C22H31NO4. The van der Waals surface area contributed by atoms with Crippen molar-refractivity contribution >= 4 is 0 Å². The number of benzene rings is 2. The molecule has 2 aromatic carbocycles. The van der Waals surface area contributed by atoms with E-state index in [1.54, 1.807) is 14.2 Å². The molecule has 0 aliphatic carbocycles. The van der Waals surface area contributed by atoms with E-state index in [9.17, 15) is 5.11 Å². The molecule has 5 nitrogen and oxygen atoms in total. The second-order valence-corrected chi connectivity index (χ2v) is 6.87. The lowest BCUT2D eigenvalue weighted by molar-refractivity contribution is 0.00310. The van der Waals surface area contributed by atoms with Crippen molar-refractivity contribution in [3.8, 4) is 11.5 Å². The number of methoxy groups -OCH3 is 2. The van der Waals surface area contributed by atoms with Crippen LogP contribution in [-0.4, -0.2) is 49.5 Å². The summed E-state index contributed by atoms with van der Waals surface area (Å²) < 4.78 is 16.3. The summed E-state index contributed by atoms with van der Waals surface area (Å²) in [5.41, 5.74) is 2.22. The predicted octanol–water partition coefficient (Wildman–Crippen LogP) is 3.49. The Morgan fingerprint density at radius 3 is 2.26 bits per heavy atom. The molecule has 148 valence electrons. The molecule has 27 heavy (non-hydrogen) atoms. The highest BCUT2D eigenvalue weighted by Crippen LogP contribution is 2.27. The highest BCUT2D eigenvalue weighted by Gasteiger charge is 2.15. The van der Waals surface area contributed by atoms with Crippen LogP contribution in [0.15, 0.2) is 48.5 Å². The Kier molecular flexibility index (Phi) is 8.58. The van der Waals surface area contributed by atoms with Gasteiger partial charge in [-0.15, -0.1) is 0 Å². The highest BCUT2D eigenvalue weighted by molar-refractivity contribution is 5.42. The molecule has 0 spiro atoms. The number of aliphatic hydroxyl groups excluding tert-OH is 1. The van der Waals surface area contributed by atoms with Gasteiger partial charge in [-0.05, 0) is 37.1 Å². The zero-order chi connectivity index (χ0) is 19.6.